The van der Waals surface area contributed by atoms with Crippen molar-refractivity contribution in [1.82, 2.24) is 0 Å². The third-order valence-electron chi connectivity index (χ3n) is 4.68. The summed E-state index contributed by atoms with van der Waals surface area (Å²) in [7, 11) is 0. The highest BCUT2D eigenvalue weighted by atomic mass is 79.9. The maximum absolute atomic E-state index is 12.7. The summed E-state index contributed by atoms with van der Waals surface area (Å²) < 4.78 is 7.78. The normalized spacial score (nSPS) is 11.0. The number of nitriles is 1. The number of ether oxygens (including phenoxy) is 1. The highest BCUT2D eigenvalue weighted by Crippen LogP contribution is 2.34. The molecule has 0 radical (unpaired) electrons. The number of hydrogen-bond donors (Lipinski definition) is 1. The van der Waals surface area contributed by atoms with Gasteiger partial charge in [-0.1, -0.05) is 63.4 Å². The van der Waals surface area contributed by atoms with Crippen LogP contribution in [0.1, 0.15) is 16.7 Å². The SMILES string of the molecule is C=CCc1cc(/C=C(/C#N)C(=O)Nc2cccc(Cl)c2Cl)cc(Br)c1OCc1ccc(Br)cc1. The number of nitrogens with zero attached hydrogens (tertiary/aromatic N) is 1. The quantitative estimate of drug-likeness (QED) is 0.156. The molecule has 0 unspecified atom stereocenters. The molecule has 0 heterocycles. The minimum Gasteiger partial charge on any atom is -0.487 e. The van der Waals surface area contributed by atoms with Crippen LogP contribution in [-0.4, -0.2) is 5.91 Å². The van der Waals surface area contributed by atoms with E-state index in [1.54, 1.807) is 30.3 Å². The van der Waals surface area contributed by atoms with Crippen molar-refractivity contribution in [2.45, 2.75) is 13.0 Å². The van der Waals surface area contributed by atoms with Gasteiger partial charge >= 0.3 is 0 Å². The third kappa shape index (κ3) is 6.74. The summed E-state index contributed by atoms with van der Waals surface area (Å²) in [5.41, 5.74) is 2.78. The van der Waals surface area contributed by atoms with Gasteiger partial charge in [-0.3, -0.25) is 4.79 Å². The highest BCUT2D eigenvalue weighted by molar-refractivity contribution is 9.10. The molecule has 1 N–H and O–H groups in total. The van der Waals surface area contributed by atoms with Crippen molar-refractivity contribution in [1.29, 1.82) is 5.26 Å². The van der Waals surface area contributed by atoms with Crippen molar-refractivity contribution >= 4 is 72.7 Å². The van der Waals surface area contributed by atoms with Crippen LogP contribution >= 0.6 is 55.1 Å². The minimum atomic E-state index is -0.594. The Bertz CT molecular complexity index is 1300. The lowest BCUT2D eigenvalue weighted by Crippen LogP contribution is -2.13. The molecular formula is C26H18Br2Cl2N2O2. The molecule has 3 aromatic rings. The summed E-state index contributed by atoms with van der Waals surface area (Å²) in [4.78, 5) is 12.7. The second-order valence-electron chi connectivity index (χ2n) is 7.12. The van der Waals surface area contributed by atoms with Gasteiger partial charge < -0.3 is 10.1 Å². The van der Waals surface area contributed by atoms with E-state index in [2.05, 4.69) is 43.8 Å². The molecule has 0 aromatic heterocycles. The summed E-state index contributed by atoms with van der Waals surface area (Å²) >= 11 is 19.1. The fourth-order valence-electron chi connectivity index (χ4n) is 3.07. The van der Waals surface area contributed by atoms with Gasteiger partial charge in [0.05, 0.1) is 20.2 Å². The molecule has 0 saturated heterocycles. The second kappa shape index (κ2) is 12.2. The molecular weight excluding hydrogens is 603 g/mol. The molecule has 172 valence electrons. The number of rotatable bonds is 8. The van der Waals surface area contributed by atoms with E-state index in [1.165, 1.54) is 6.08 Å². The Morgan fingerprint density at radius 2 is 1.88 bits per heavy atom. The van der Waals surface area contributed by atoms with Gasteiger partial charge in [0.25, 0.3) is 5.91 Å². The number of anilines is 1. The first kappa shape index (κ1) is 26.1. The van der Waals surface area contributed by atoms with Crippen molar-refractivity contribution < 1.29 is 9.53 Å². The summed E-state index contributed by atoms with van der Waals surface area (Å²) in [6, 6.07) is 18.3. The van der Waals surface area contributed by atoms with Crippen molar-refractivity contribution in [3.8, 4) is 11.8 Å². The Kier molecular flexibility index (Phi) is 9.37. The van der Waals surface area contributed by atoms with Crippen molar-refractivity contribution in [2.75, 3.05) is 5.32 Å². The molecule has 0 aliphatic rings. The predicted molar refractivity (Wildman–Crippen MR) is 145 cm³/mol. The summed E-state index contributed by atoms with van der Waals surface area (Å²) in [5, 5.41) is 12.7. The van der Waals surface area contributed by atoms with Gasteiger partial charge in [-0.2, -0.15) is 5.26 Å². The lowest BCUT2D eigenvalue weighted by atomic mass is 10.0. The highest BCUT2D eigenvalue weighted by Gasteiger charge is 2.15. The number of halogens is 4. The number of allylic oxidation sites excluding steroid dienone is 1. The molecule has 0 aliphatic heterocycles. The smallest absolute Gasteiger partial charge is 0.266 e. The van der Waals surface area contributed by atoms with Crippen LogP contribution in [0, 0.1) is 11.3 Å². The zero-order chi connectivity index (χ0) is 24.7. The first-order valence-corrected chi connectivity index (χ1v) is 12.3. The van der Waals surface area contributed by atoms with Crippen molar-refractivity contribution in [2.24, 2.45) is 0 Å². The summed E-state index contributed by atoms with van der Waals surface area (Å²) in [6.45, 7) is 4.21. The zero-order valence-corrected chi connectivity index (χ0v) is 22.4. The maximum Gasteiger partial charge on any atom is 0.266 e. The van der Waals surface area contributed by atoms with E-state index in [9.17, 15) is 10.1 Å². The van der Waals surface area contributed by atoms with Crippen LogP contribution in [-0.2, 0) is 17.8 Å². The first-order valence-electron chi connectivity index (χ1n) is 10.00. The average Bonchev–Trinajstić information content (AvgIpc) is 2.81. The molecule has 3 aromatic carbocycles. The monoisotopic (exact) mass is 618 g/mol. The summed E-state index contributed by atoms with van der Waals surface area (Å²) in [5.74, 6) is 0.0808. The van der Waals surface area contributed by atoms with Crippen LogP contribution in [0.3, 0.4) is 0 Å². The minimum absolute atomic E-state index is 0.0870. The van der Waals surface area contributed by atoms with E-state index in [-0.39, 0.29) is 10.6 Å². The van der Waals surface area contributed by atoms with Crippen LogP contribution in [0.2, 0.25) is 10.0 Å². The van der Waals surface area contributed by atoms with E-state index >= 15 is 0 Å². The maximum atomic E-state index is 12.7. The molecule has 0 fully saturated rings. The Morgan fingerprint density at radius 1 is 1.15 bits per heavy atom. The third-order valence-corrected chi connectivity index (χ3v) is 6.62. The van der Waals surface area contributed by atoms with Gasteiger partial charge in [0.15, 0.2) is 0 Å². The van der Waals surface area contributed by atoms with E-state index in [4.69, 9.17) is 27.9 Å². The number of hydrogen-bond acceptors (Lipinski definition) is 3. The van der Waals surface area contributed by atoms with E-state index < -0.39 is 5.91 Å². The van der Waals surface area contributed by atoms with E-state index in [0.29, 0.717) is 39.5 Å². The number of amides is 1. The molecule has 8 heteroatoms. The standard InChI is InChI=1S/C26H18Br2Cl2N2O2/c1-2-4-18-11-17(13-21(28)25(18)34-15-16-7-9-20(27)10-8-16)12-19(14-31)26(33)32-23-6-3-5-22(29)24(23)30/h2-3,5-13H,1,4,15H2,(H,32,33)/b19-12-. The molecule has 0 aliphatic carbocycles. The molecule has 0 atom stereocenters. The number of benzene rings is 3. The van der Waals surface area contributed by atoms with Crippen molar-refractivity contribution in [3.05, 3.63) is 109 Å². The number of carbonyl (C=O) groups is 1. The summed E-state index contributed by atoms with van der Waals surface area (Å²) in [6.07, 6.45) is 3.81. The molecule has 1 amide bonds. The molecule has 3 rings (SSSR count). The topological polar surface area (TPSA) is 62.1 Å². The van der Waals surface area contributed by atoms with Gasteiger partial charge in [0, 0.05) is 4.47 Å². The van der Waals surface area contributed by atoms with Gasteiger partial charge in [-0.15, -0.1) is 6.58 Å². The molecule has 4 nitrogen and oxygen atoms in total. The van der Waals surface area contributed by atoms with Gasteiger partial charge in [-0.25, -0.2) is 0 Å². The van der Waals surface area contributed by atoms with Crippen LogP contribution in [0.25, 0.3) is 6.08 Å². The Morgan fingerprint density at radius 3 is 2.56 bits per heavy atom. The molecule has 0 saturated carbocycles. The second-order valence-corrected chi connectivity index (χ2v) is 9.68. The van der Waals surface area contributed by atoms with E-state index in [1.807, 2.05) is 36.4 Å². The molecule has 34 heavy (non-hydrogen) atoms. The number of nitrogens with one attached hydrogen (secondary N) is 1. The zero-order valence-electron chi connectivity index (χ0n) is 17.7. The van der Waals surface area contributed by atoms with Crippen molar-refractivity contribution in [3.63, 3.8) is 0 Å². The largest absolute Gasteiger partial charge is 0.487 e. The molecule has 0 spiro atoms. The fourth-order valence-corrected chi connectivity index (χ4v) is 4.31. The Labute approximate surface area is 225 Å². The lowest BCUT2D eigenvalue weighted by Gasteiger charge is -2.14. The van der Waals surface area contributed by atoms with Crippen LogP contribution in [0.15, 0.2) is 81.8 Å². The van der Waals surface area contributed by atoms with Gasteiger partial charge in [0.1, 0.15) is 24.0 Å². The molecule has 0 bridgehead atoms. The van der Waals surface area contributed by atoms with Crippen LogP contribution in [0.5, 0.6) is 5.75 Å². The number of carbonyl (C=O) groups excluding carboxylic acids is 1. The Balaban J connectivity index is 1.86. The van der Waals surface area contributed by atoms with Crippen LogP contribution < -0.4 is 10.1 Å². The predicted octanol–water partition coefficient (Wildman–Crippen LogP) is 8.37. The van der Waals surface area contributed by atoms with Crippen LogP contribution in [0.4, 0.5) is 5.69 Å². The van der Waals surface area contributed by atoms with E-state index in [0.717, 1.165) is 15.6 Å². The van der Waals surface area contributed by atoms with Gasteiger partial charge in [0.2, 0.25) is 0 Å². The average molecular weight is 621 g/mol. The van der Waals surface area contributed by atoms with Gasteiger partial charge in [-0.05, 0) is 81.5 Å². The fraction of sp³-hybridized carbons (Fsp3) is 0.0769. The Hall–Kier alpha value is -2.56. The lowest BCUT2D eigenvalue weighted by molar-refractivity contribution is -0.112. The first-order chi connectivity index (χ1) is 16.3.